The maximum atomic E-state index is 13.6. The number of rotatable bonds is 4. The molecule has 1 atom stereocenters. The van der Waals surface area contributed by atoms with Gasteiger partial charge in [-0.05, 0) is 43.0 Å². The summed E-state index contributed by atoms with van der Waals surface area (Å²) in [5.74, 6) is -0.475. The Hall–Kier alpha value is -1.66. The summed E-state index contributed by atoms with van der Waals surface area (Å²) in [5, 5.41) is 0. The predicted octanol–water partition coefficient (Wildman–Crippen LogP) is 3.84. The lowest BCUT2D eigenvalue weighted by molar-refractivity contribution is 0.340. The second kappa shape index (κ2) is 6.57. The van der Waals surface area contributed by atoms with Crippen molar-refractivity contribution in [2.75, 3.05) is 0 Å². The first-order valence-corrected chi connectivity index (χ1v) is 11.4. The highest BCUT2D eigenvalue weighted by molar-refractivity contribution is 8.10. The fourth-order valence-corrected chi connectivity index (χ4v) is 9.51. The molecule has 4 nitrogen and oxygen atoms in total. The molecule has 2 aromatic carbocycles. The van der Waals surface area contributed by atoms with Crippen molar-refractivity contribution in [3.8, 4) is 0 Å². The Kier molecular flexibility index (Phi) is 4.77. The Bertz CT molecular complexity index is 864. The van der Waals surface area contributed by atoms with Crippen LogP contribution in [-0.4, -0.2) is 20.9 Å². The van der Waals surface area contributed by atoms with Crippen molar-refractivity contribution in [1.82, 2.24) is 0 Å². The molecule has 1 aliphatic carbocycles. The molecule has 3 rings (SSSR count). The molecule has 1 unspecified atom stereocenters. The van der Waals surface area contributed by atoms with Crippen LogP contribution in [-0.2, 0) is 19.7 Å². The number of sulfone groups is 2. The van der Waals surface area contributed by atoms with Crippen LogP contribution in [0.4, 0.5) is 0 Å². The molecule has 1 saturated carbocycles. The van der Waals surface area contributed by atoms with Crippen LogP contribution in [0.25, 0.3) is 0 Å². The van der Waals surface area contributed by atoms with Gasteiger partial charge in [0.2, 0.25) is 0 Å². The summed E-state index contributed by atoms with van der Waals surface area (Å²) in [4.78, 5) is 0.145. The van der Waals surface area contributed by atoms with E-state index in [0.717, 1.165) is 6.42 Å². The van der Waals surface area contributed by atoms with E-state index in [1.807, 2.05) is 0 Å². The Labute approximate surface area is 149 Å². The minimum absolute atomic E-state index is 0.0725. The summed E-state index contributed by atoms with van der Waals surface area (Å²) in [5.41, 5.74) is 0. The minimum atomic E-state index is -4.07. The van der Waals surface area contributed by atoms with Crippen LogP contribution >= 0.6 is 0 Å². The monoisotopic (exact) mass is 378 g/mol. The van der Waals surface area contributed by atoms with Crippen molar-refractivity contribution in [2.24, 2.45) is 5.92 Å². The molecular weight excluding hydrogens is 356 g/mol. The summed E-state index contributed by atoms with van der Waals surface area (Å²) >= 11 is 0. The SMILES string of the molecule is CC1CCCCC1(S(=O)(=O)c1ccccc1)S(=O)(=O)c1ccccc1. The number of hydrogen-bond donors (Lipinski definition) is 0. The molecule has 0 aromatic heterocycles. The van der Waals surface area contributed by atoms with Crippen LogP contribution in [0.1, 0.15) is 32.6 Å². The van der Waals surface area contributed by atoms with Crippen LogP contribution in [0.3, 0.4) is 0 Å². The molecule has 0 amide bonds. The standard InChI is InChI=1S/C19H22O4S2/c1-16-10-8-9-15-19(16,24(20,21)17-11-4-2-5-12-17)25(22,23)18-13-6-3-7-14-18/h2-7,11-14,16H,8-10,15H2,1H3. The Morgan fingerprint density at radius 3 is 1.60 bits per heavy atom. The maximum Gasteiger partial charge on any atom is 0.199 e. The van der Waals surface area contributed by atoms with Gasteiger partial charge in [0.25, 0.3) is 0 Å². The molecule has 0 saturated heterocycles. The highest BCUT2D eigenvalue weighted by atomic mass is 32.3. The highest BCUT2D eigenvalue weighted by Gasteiger charge is 2.59. The normalized spacial score (nSPS) is 20.9. The van der Waals surface area contributed by atoms with Crippen molar-refractivity contribution >= 4 is 19.7 Å². The molecule has 0 N–H and O–H groups in total. The molecule has 0 spiro atoms. The molecule has 0 aliphatic heterocycles. The van der Waals surface area contributed by atoms with Crippen molar-refractivity contribution in [3.63, 3.8) is 0 Å². The summed E-state index contributed by atoms with van der Waals surface area (Å²) in [6.45, 7) is 1.75. The van der Waals surface area contributed by atoms with E-state index in [9.17, 15) is 16.8 Å². The van der Waals surface area contributed by atoms with Gasteiger partial charge in [0, 0.05) is 0 Å². The summed E-state index contributed by atoms with van der Waals surface area (Å²) in [6, 6.07) is 15.9. The fourth-order valence-electron chi connectivity index (χ4n) is 3.83. The van der Waals surface area contributed by atoms with Gasteiger partial charge in [-0.1, -0.05) is 56.2 Å². The molecule has 6 heteroatoms. The first-order chi connectivity index (χ1) is 11.8. The summed E-state index contributed by atoms with van der Waals surface area (Å²) < 4.78 is 52.4. The van der Waals surface area contributed by atoms with Gasteiger partial charge < -0.3 is 0 Å². The number of benzene rings is 2. The molecular formula is C19H22O4S2. The molecule has 1 fully saturated rings. The van der Waals surface area contributed by atoms with E-state index in [1.54, 1.807) is 43.3 Å². The average molecular weight is 379 g/mol. The van der Waals surface area contributed by atoms with Gasteiger partial charge in [0.1, 0.15) is 0 Å². The van der Waals surface area contributed by atoms with E-state index in [1.165, 1.54) is 24.3 Å². The van der Waals surface area contributed by atoms with E-state index in [-0.39, 0.29) is 16.2 Å². The van der Waals surface area contributed by atoms with Crippen molar-refractivity contribution < 1.29 is 16.8 Å². The third kappa shape index (κ3) is 2.72. The van der Waals surface area contributed by atoms with Crippen LogP contribution in [0.2, 0.25) is 0 Å². The average Bonchev–Trinajstić information content (AvgIpc) is 2.63. The molecule has 0 radical (unpaired) electrons. The minimum Gasteiger partial charge on any atom is -0.222 e. The van der Waals surface area contributed by atoms with Gasteiger partial charge in [-0.2, -0.15) is 0 Å². The van der Waals surface area contributed by atoms with E-state index in [4.69, 9.17) is 0 Å². The van der Waals surface area contributed by atoms with E-state index < -0.39 is 29.7 Å². The van der Waals surface area contributed by atoms with Gasteiger partial charge >= 0.3 is 0 Å². The first kappa shape index (κ1) is 18.1. The Morgan fingerprint density at radius 2 is 1.20 bits per heavy atom. The second-order valence-corrected chi connectivity index (χ2v) is 11.3. The Morgan fingerprint density at radius 1 is 0.760 bits per heavy atom. The summed E-state index contributed by atoms with van der Waals surface area (Å²) in [7, 11) is -8.13. The van der Waals surface area contributed by atoms with Gasteiger partial charge in [0.05, 0.1) is 9.79 Å². The van der Waals surface area contributed by atoms with E-state index in [2.05, 4.69) is 0 Å². The predicted molar refractivity (Wildman–Crippen MR) is 97.6 cm³/mol. The van der Waals surface area contributed by atoms with Crippen molar-refractivity contribution in [1.29, 1.82) is 0 Å². The van der Waals surface area contributed by atoms with Crippen LogP contribution < -0.4 is 0 Å². The van der Waals surface area contributed by atoms with Gasteiger partial charge in [0.15, 0.2) is 23.8 Å². The molecule has 0 bridgehead atoms. The smallest absolute Gasteiger partial charge is 0.199 e. The molecule has 25 heavy (non-hydrogen) atoms. The topological polar surface area (TPSA) is 68.3 Å². The van der Waals surface area contributed by atoms with Crippen molar-refractivity contribution in [2.45, 2.75) is 46.5 Å². The zero-order valence-corrected chi connectivity index (χ0v) is 15.8. The van der Waals surface area contributed by atoms with Gasteiger partial charge in [-0.25, -0.2) is 16.8 Å². The zero-order valence-electron chi connectivity index (χ0n) is 14.1. The first-order valence-electron chi connectivity index (χ1n) is 8.43. The third-order valence-electron chi connectivity index (χ3n) is 5.18. The lowest BCUT2D eigenvalue weighted by Crippen LogP contribution is -2.53. The zero-order chi connectivity index (χ0) is 18.1. The van der Waals surface area contributed by atoms with Crippen LogP contribution in [0.15, 0.2) is 70.5 Å². The molecule has 0 heterocycles. The van der Waals surface area contributed by atoms with Gasteiger partial charge in [-0.15, -0.1) is 0 Å². The van der Waals surface area contributed by atoms with E-state index in [0.29, 0.717) is 12.8 Å². The lowest BCUT2D eigenvalue weighted by atomic mass is 9.89. The molecule has 1 aliphatic rings. The van der Waals surface area contributed by atoms with Crippen molar-refractivity contribution in [3.05, 3.63) is 60.7 Å². The molecule has 2 aromatic rings. The van der Waals surface area contributed by atoms with Crippen LogP contribution in [0, 0.1) is 5.92 Å². The molecule has 134 valence electrons. The largest absolute Gasteiger partial charge is 0.222 e. The Balaban J connectivity index is 2.30. The van der Waals surface area contributed by atoms with E-state index >= 15 is 0 Å². The van der Waals surface area contributed by atoms with Crippen LogP contribution in [0.5, 0.6) is 0 Å². The lowest BCUT2D eigenvalue weighted by Gasteiger charge is -2.41. The second-order valence-electron chi connectivity index (χ2n) is 6.59. The fraction of sp³-hybridized carbons (Fsp3) is 0.368. The van der Waals surface area contributed by atoms with Gasteiger partial charge in [-0.3, -0.25) is 0 Å². The maximum absolute atomic E-state index is 13.6. The highest BCUT2D eigenvalue weighted by Crippen LogP contribution is 2.49. The third-order valence-corrected chi connectivity index (χ3v) is 11.3. The number of hydrogen-bond acceptors (Lipinski definition) is 4. The summed E-state index contributed by atoms with van der Waals surface area (Å²) in [6.07, 6.45) is 2.14. The quantitative estimate of drug-likeness (QED) is 0.810.